The molecule has 1 N–H and O–H groups in total. The van der Waals surface area contributed by atoms with Crippen molar-refractivity contribution in [1.29, 1.82) is 0 Å². The SMILES string of the molecule is COc1ccc(CN2C(=O)C3=C(c4ccc(Cl)cc4)NO[C@H]3C2=O)cc1. The van der Waals surface area contributed by atoms with E-state index in [1.54, 1.807) is 43.5 Å². The lowest BCUT2D eigenvalue weighted by Crippen LogP contribution is -2.33. The third kappa shape index (κ3) is 2.73. The molecule has 0 aliphatic carbocycles. The van der Waals surface area contributed by atoms with Gasteiger partial charge in [-0.3, -0.25) is 24.8 Å². The second-order valence-electron chi connectivity index (χ2n) is 5.97. The van der Waals surface area contributed by atoms with Gasteiger partial charge in [0.2, 0.25) is 0 Å². The Morgan fingerprint density at radius 1 is 1.12 bits per heavy atom. The summed E-state index contributed by atoms with van der Waals surface area (Å²) >= 11 is 5.91. The molecule has 2 aliphatic heterocycles. The summed E-state index contributed by atoms with van der Waals surface area (Å²) in [6.45, 7) is 0.179. The van der Waals surface area contributed by atoms with Crippen LogP contribution in [0.1, 0.15) is 11.1 Å². The third-order valence-corrected chi connectivity index (χ3v) is 4.66. The summed E-state index contributed by atoms with van der Waals surface area (Å²) in [5, 5.41) is 0.588. The number of amides is 2. The van der Waals surface area contributed by atoms with Gasteiger partial charge in [-0.05, 0) is 29.8 Å². The van der Waals surface area contributed by atoms with Gasteiger partial charge < -0.3 is 4.74 Å². The third-order valence-electron chi connectivity index (χ3n) is 4.41. The molecule has 2 aliphatic rings. The van der Waals surface area contributed by atoms with Crippen molar-refractivity contribution < 1.29 is 19.2 Å². The molecule has 0 unspecified atom stereocenters. The van der Waals surface area contributed by atoms with Crippen LogP contribution in [0.15, 0.2) is 54.1 Å². The van der Waals surface area contributed by atoms with E-state index in [9.17, 15) is 9.59 Å². The van der Waals surface area contributed by atoms with Crippen molar-refractivity contribution in [2.45, 2.75) is 12.6 Å². The predicted octanol–water partition coefficient (Wildman–Crippen LogP) is 2.53. The van der Waals surface area contributed by atoms with E-state index in [1.165, 1.54) is 4.90 Å². The lowest BCUT2D eigenvalue weighted by molar-refractivity contribution is -0.144. The molecule has 0 saturated carbocycles. The second-order valence-corrected chi connectivity index (χ2v) is 6.41. The van der Waals surface area contributed by atoms with Crippen molar-refractivity contribution in [3.63, 3.8) is 0 Å². The highest BCUT2D eigenvalue weighted by Gasteiger charge is 2.49. The molecule has 4 rings (SSSR count). The van der Waals surface area contributed by atoms with Gasteiger partial charge in [0.05, 0.1) is 24.9 Å². The maximum atomic E-state index is 12.9. The largest absolute Gasteiger partial charge is 0.497 e. The van der Waals surface area contributed by atoms with Crippen LogP contribution in [-0.2, 0) is 21.0 Å². The number of hydrogen-bond donors (Lipinski definition) is 1. The molecule has 7 heteroatoms. The van der Waals surface area contributed by atoms with E-state index in [2.05, 4.69) is 5.48 Å². The summed E-state index contributed by atoms with van der Waals surface area (Å²) in [6.07, 6.45) is -0.925. The first-order valence-corrected chi connectivity index (χ1v) is 8.36. The maximum Gasteiger partial charge on any atom is 0.266 e. The first-order chi connectivity index (χ1) is 12.6. The highest BCUT2D eigenvalue weighted by molar-refractivity contribution is 6.30. The Hall–Kier alpha value is -2.83. The number of nitrogens with one attached hydrogen (secondary N) is 1. The molecule has 6 nitrogen and oxygen atoms in total. The van der Waals surface area contributed by atoms with Crippen LogP contribution in [0.5, 0.6) is 5.75 Å². The van der Waals surface area contributed by atoms with Crippen LogP contribution in [0, 0.1) is 0 Å². The summed E-state index contributed by atoms with van der Waals surface area (Å²) in [7, 11) is 1.58. The zero-order valence-corrected chi connectivity index (χ0v) is 14.6. The fraction of sp³-hybridized carbons (Fsp3) is 0.158. The van der Waals surface area contributed by atoms with Gasteiger partial charge in [0, 0.05) is 10.6 Å². The molecule has 2 aromatic rings. The Bertz CT molecular complexity index is 906. The Labute approximate surface area is 154 Å². The number of hydroxylamine groups is 1. The molecule has 0 aromatic heterocycles. The molecule has 0 bridgehead atoms. The van der Waals surface area contributed by atoms with Gasteiger partial charge in [-0.25, -0.2) is 0 Å². The van der Waals surface area contributed by atoms with Crippen molar-refractivity contribution >= 4 is 29.1 Å². The standard InChI is InChI=1S/C19H15ClN2O4/c1-25-14-8-2-11(3-9-14)10-22-18(23)15-16(21-26-17(15)19(22)24)12-4-6-13(20)7-5-12/h2-9,17,21H,10H2,1H3/t17-/m1/s1. The number of carbonyl (C=O) groups is 2. The number of carbonyl (C=O) groups excluding carboxylic acids is 2. The lowest BCUT2D eigenvalue weighted by Gasteiger charge is -2.16. The van der Waals surface area contributed by atoms with E-state index < -0.39 is 6.10 Å². The first-order valence-electron chi connectivity index (χ1n) is 7.99. The van der Waals surface area contributed by atoms with E-state index >= 15 is 0 Å². The minimum Gasteiger partial charge on any atom is -0.497 e. The monoisotopic (exact) mass is 370 g/mol. The fourth-order valence-corrected chi connectivity index (χ4v) is 3.16. The number of rotatable bonds is 4. The quantitative estimate of drug-likeness (QED) is 0.838. The van der Waals surface area contributed by atoms with Gasteiger partial charge in [0.15, 0.2) is 6.10 Å². The first kappa shape index (κ1) is 16.6. The van der Waals surface area contributed by atoms with E-state index in [0.717, 1.165) is 11.1 Å². The number of nitrogens with zero attached hydrogens (tertiary/aromatic N) is 1. The van der Waals surface area contributed by atoms with Crippen LogP contribution in [-0.4, -0.2) is 29.9 Å². The normalized spacial score (nSPS) is 19.0. The number of halogens is 1. The number of ether oxygens (including phenoxy) is 1. The van der Waals surface area contributed by atoms with Crippen molar-refractivity contribution in [2.75, 3.05) is 7.11 Å². The van der Waals surface area contributed by atoms with Crippen LogP contribution < -0.4 is 10.2 Å². The van der Waals surface area contributed by atoms with Crippen molar-refractivity contribution in [2.24, 2.45) is 0 Å². The molecule has 26 heavy (non-hydrogen) atoms. The highest BCUT2D eigenvalue weighted by Crippen LogP contribution is 2.34. The van der Waals surface area contributed by atoms with Gasteiger partial charge in [-0.2, -0.15) is 0 Å². The highest BCUT2D eigenvalue weighted by atomic mass is 35.5. The molecule has 1 atom stereocenters. The Morgan fingerprint density at radius 2 is 1.81 bits per heavy atom. The van der Waals surface area contributed by atoms with E-state index in [0.29, 0.717) is 22.0 Å². The topological polar surface area (TPSA) is 67.9 Å². The number of methoxy groups -OCH3 is 1. The van der Waals surface area contributed by atoms with Crippen molar-refractivity contribution in [1.82, 2.24) is 10.4 Å². The molecule has 2 amide bonds. The second kappa shape index (κ2) is 6.48. The van der Waals surface area contributed by atoms with Crippen LogP contribution in [0.25, 0.3) is 5.70 Å². The Balaban J connectivity index is 1.63. The minimum absolute atomic E-state index is 0.179. The molecule has 1 fully saturated rings. The van der Waals surface area contributed by atoms with Crippen LogP contribution >= 0.6 is 11.6 Å². The summed E-state index contributed by atoms with van der Waals surface area (Å²) < 4.78 is 5.12. The van der Waals surface area contributed by atoms with Crippen molar-refractivity contribution in [3.05, 3.63) is 70.3 Å². The van der Waals surface area contributed by atoms with Gasteiger partial charge in [0.25, 0.3) is 11.8 Å². The zero-order chi connectivity index (χ0) is 18.3. The van der Waals surface area contributed by atoms with Gasteiger partial charge >= 0.3 is 0 Å². The number of imide groups is 1. The van der Waals surface area contributed by atoms with Crippen molar-refractivity contribution in [3.8, 4) is 5.75 Å². The summed E-state index contributed by atoms with van der Waals surface area (Å²) in [5.74, 6) is -0.0204. The van der Waals surface area contributed by atoms with Gasteiger partial charge in [-0.15, -0.1) is 0 Å². The smallest absolute Gasteiger partial charge is 0.266 e. The molecular formula is C19H15ClN2O4. The molecular weight excluding hydrogens is 356 g/mol. The Morgan fingerprint density at radius 3 is 2.46 bits per heavy atom. The zero-order valence-electron chi connectivity index (χ0n) is 13.9. The molecule has 0 spiro atoms. The summed E-state index contributed by atoms with van der Waals surface area (Å²) in [6, 6.07) is 14.2. The molecule has 2 heterocycles. The maximum absolute atomic E-state index is 12.9. The predicted molar refractivity (Wildman–Crippen MR) is 94.9 cm³/mol. The van der Waals surface area contributed by atoms with Gasteiger partial charge in [0.1, 0.15) is 5.75 Å². The average Bonchev–Trinajstić information content (AvgIpc) is 3.19. The molecule has 1 saturated heterocycles. The summed E-state index contributed by atoms with van der Waals surface area (Å²) in [5.41, 5.74) is 5.10. The van der Waals surface area contributed by atoms with Crippen LogP contribution in [0.2, 0.25) is 5.02 Å². The summed E-state index contributed by atoms with van der Waals surface area (Å²) in [4.78, 5) is 32.0. The average molecular weight is 371 g/mol. The van der Waals surface area contributed by atoms with E-state index in [1.807, 2.05) is 12.1 Å². The lowest BCUT2D eigenvalue weighted by atomic mass is 10.1. The molecule has 132 valence electrons. The number of benzene rings is 2. The fourth-order valence-electron chi connectivity index (χ4n) is 3.04. The number of hydrogen-bond acceptors (Lipinski definition) is 5. The van der Waals surface area contributed by atoms with E-state index in [4.69, 9.17) is 21.2 Å². The molecule has 2 aromatic carbocycles. The van der Waals surface area contributed by atoms with E-state index in [-0.39, 0.29) is 18.4 Å². The Kier molecular flexibility index (Phi) is 4.14. The molecule has 0 radical (unpaired) electrons. The van der Waals surface area contributed by atoms with Crippen LogP contribution in [0.4, 0.5) is 0 Å². The number of fused-ring (bicyclic) bond motifs is 1. The minimum atomic E-state index is -0.925. The van der Waals surface area contributed by atoms with Gasteiger partial charge in [-0.1, -0.05) is 35.9 Å². The number of likely N-dealkylation sites (tertiary alicyclic amines) is 1. The van der Waals surface area contributed by atoms with Crippen LogP contribution in [0.3, 0.4) is 0 Å².